The smallest absolute Gasteiger partial charge is 0.245 e. The van der Waals surface area contributed by atoms with Crippen molar-refractivity contribution in [2.24, 2.45) is 0 Å². The lowest BCUT2D eigenvalue weighted by Gasteiger charge is -2.04. The molecular formula is C9H15N3O2. The maximum atomic E-state index is 10.9. The van der Waals surface area contributed by atoms with Crippen molar-refractivity contribution in [1.82, 2.24) is 14.9 Å². The third kappa shape index (κ3) is 4.04. The molecule has 0 aliphatic heterocycles. The average Bonchev–Trinajstić information content (AvgIpc) is 2.65. The highest BCUT2D eigenvalue weighted by molar-refractivity contribution is 5.77. The Morgan fingerprint density at radius 2 is 2.50 bits per heavy atom. The first-order valence-corrected chi connectivity index (χ1v) is 4.54. The van der Waals surface area contributed by atoms with Gasteiger partial charge in [0.1, 0.15) is 6.61 Å². The molecule has 1 rings (SSSR count). The van der Waals surface area contributed by atoms with Crippen LogP contribution in [0, 0.1) is 0 Å². The molecule has 1 amide bonds. The van der Waals surface area contributed by atoms with Gasteiger partial charge in [-0.25, -0.2) is 4.98 Å². The van der Waals surface area contributed by atoms with E-state index in [9.17, 15) is 4.79 Å². The van der Waals surface area contributed by atoms with Gasteiger partial charge in [0.2, 0.25) is 5.91 Å². The fraction of sp³-hybridized carbons (Fsp3) is 0.556. The normalized spacial score (nSPS) is 10.1. The number of amides is 1. The van der Waals surface area contributed by atoms with Gasteiger partial charge in [-0.2, -0.15) is 0 Å². The van der Waals surface area contributed by atoms with E-state index in [0.717, 1.165) is 13.0 Å². The predicted molar refractivity (Wildman–Crippen MR) is 51.7 cm³/mol. The van der Waals surface area contributed by atoms with Gasteiger partial charge in [0.15, 0.2) is 0 Å². The summed E-state index contributed by atoms with van der Waals surface area (Å²) < 4.78 is 6.65. The number of ether oxygens (including phenoxy) is 1. The van der Waals surface area contributed by atoms with E-state index in [0.29, 0.717) is 6.54 Å². The van der Waals surface area contributed by atoms with Gasteiger partial charge in [0.25, 0.3) is 0 Å². The number of carbonyl (C=O) groups excluding carboxylic acids is 1. The van der Waals surface area contributed by atoms with Crippen LogP contribution in [0.4, 0.5) is 0 Å². The van der Waals surface area contributed by atoms with Crippen molar-refractivity contribution in [1.29, 1.82) is 0 Å². The minimum atomic E-state index is -0.0712. The highest BCUT2D eigenvalue weighted by Gasteiger charge is 1.97. The second-order valence-corrected chi connectivity index (χ2v) is 2.94. The van der Waals surface area contributed by atoms with Crippen LogP contribution in [0.3, 0.4) is 0 Å². The molecule has 1 aromatic heterocycles. The summed E-state index contributed by atoms with van der Waals surface area (Å²) in [5.41, 5.74) is 0. The second kappa shape index (κ2) is 6.15. The highest BCUT2D eigenvalue weighted by Crippen LogP contribution is 1.88. The molecular weight excluding hydrogens is 182 g/mol. The average molecular weight is 197 g/mol. The van der Waals surface area contributed by atoms with E-state index >= 15 is 0 Å². The lowest BCUT2D eigenvalue weighted by Crippen LogP contribution is -2.28. The molecule has 1 N–H and O–H groups in total. The molecule has 1 aromatic rings. The number of aromatic nitrogens is 2. The molecule has 0 aromatic carbocycles. The number of nitrogens with zero attached hydrogens (tertiary/aromatic N) is 2. The Balaban J connectivity index is 2.02. The fourth-order valence-corrected chi connectivity index (χ4v) is 1.09. The lowest BCUT2D eigenvalue weighted by atomic mass is 10.4. The van der Waals surface area contributed by atoms with Crippen LogP contribution in [0.25, 0.3) is 0 Å². The summed E-state index contributed by atoms with van der Waals surface area (Å²) in [6.45, 7) is 1.67. The van der Waals surface area contributed by atoms with E-state index in [-0.39, 0.29) is 12.5 Å². The Hall–Kier alpha value is -1.36. The van der Waals surface area contributed by atoms with Crippen molar-refractivity contribution in [3.63, 3.8) is 0 Å². The molecule has 0 fully saturated rings. The summed E-state index contributed by atoms with van der Waals surface area (Å²) in [4.78, 5) is 14.9. The quantitative estimate of drug-likeness (QED) is 0.655. The minimum Gasteiger partial charge on any atom is -0.375 e. The molecule has 0 aliphatic rings. The van der Waals surface area contributed by atoms with E-state index in [1.807, 2.05) is 10.8 Å². The molecule has 78 valence electrons. The zero-order chi connectivity index (χ0) is 10.2. The van der Waals surface area contributed by atoms with Crippen molar-refractivity contribution in [2.75, 3.05) is 20.3 Å². The van der Waals surface area contributed by atoms with E-state index in [2.05, 4.69) is 15.0 Å². The van der Waals surface area contributed by atoms with Gasteiger partial charge >= 0.3 is 0 Å². The van der Waals surface area contributed by atoms with E-state index in [1.54, 1.807) is 12.5 Å². The summed E-state index contributed by atoms with van der Waals surface area (Å²) in [5, 5.41) is 2.75. The first kappa shape index (κ1) is 10.7. The van der Waals surface area contributed by atoms with E-state index < -0.39 is 0 Å². The summed E-state index contributed by atoms with van der Waals surface area (Å²) in [5.74, 6) is -0.0712. The van der Waals surface area contributed by atoms with Gasteiger partial charge in [-0.05, 0) is 6.42 Å². The van der Waals surface area contributed by atoms with Crippen LogP contribution in [0.5, 0.6) is 0 Å². The Kier molecular flexibility index (Phi) is 4.71. The Morgan fingerprint density at radius 1 is 1.64 bits per heavy atom. The molecule has 0 bridgehead atoms. The van der Waals surface area contributed by atoms with Crippen LogP contribution in [-0.2, 0) is 16.1 Å². The zero-order valence-electron chi connectivity index (χ0n) is 8.27. The van der Waals surface area contributed by atoms with Crippen molar-refractivity contribution >= 4 is 5.91 Å². The lowest BCUT2D eigenvalue weighted by molar-refractivity contribution is -0.124. The van der Waals surface area contributed by atoms with Gasteiger partial charge < -0.3 is 14.6 Å². The van der Waals surface area contributed by atoms with Gasteiger partial charge in [-0.3, -0.25) is 4.79 Å². The van der Waals surface area contributed by atoms with Crippen LogP contribution < -0.4 is 5.32 Å². The molecule has 0 unspecified atom stereocenters. The summed E-state index contributed by atoms with van der Waals surface area (Å²) in [6, 6.07) is 0. The number of rotatable bonds is 6. The largest absolute Gasteiger partial charge is 0.375 e. The van der Waals surface area contributed by atoms with Gasteiger partial charge in [-0.1, -0.05) is 0 Å². The zero-order valence-corrected chi connectivity index (χ0v) is 8.27. The molecule has 0 atom stereocenters. The van der Waals surface area contributed by atoms with Gasteiger partial charge in [-0.15, -0.1) is 0 Å². The molecule has 0 saturated carbocycles. The number of nitrogens with one attached hydrogen (secondary N) is 1. The molecule has 0 aliphatic carbocycles. The Morgan fingerprint density at radius 3 is 3.14 bits per heavy atom. The van der Waals surface area contributed by atoms with Gasteiger partial charge in [0, 0.05) is 32.6 Å². The van der Waals surface area contributed by atoms with Crippen LogP contribution in [0.2, 0.25) is 0 Å². The van der Waals surface area contributed by atoms with Crippen LogP contribution >= 0.6 is 0 Å². The monoisotopic (exact) mass is 197 g/mol. The highest BCUT2D eigenvalue weighted by atomic mass is 16.5. The number of hydrogen-bond donors (Lipinski definition) is 1. The minimum absolute atomic E-state index is 0.0712. The molecule has 0 spiro atoms. The van der Waals surface area contributed by atoms with Crippen molar-refractivity contribution in [3.8, 4) is 0 Å². The van der Waals surface area contributed by atoms with Crippen LogP contribution in [0.1, 0.15) is 6.42 Å². The number of imidazole rings is 1. The molecule has 5 heteroatoms. The topological polar surface area (TPSA) is 56.1 Å². The maximum Gasteiger partial charge on any atom is 0.245 e. The Bertz CT molecular complexity index is 259. The third-order valence-corrected chi connectivity index (χ3v) is 1.75. The summed E-state index contributed by atoms with van der Waals surface area (Å²) in [7, 11) is 1.51. The summed E-state index contributed by atoms with van der Waals surface area (Å²) >= 11 is 0. The first-order chi connectivity index (χ1) is 6.83. The maximum absolute atomic E-state index is 10.9. The standard InChI is InChI=1S/C9H15N3O2/c1-14-7-9(13)11-3-2-5-12-6-4-10-8-12/h4,6,8H,2-3,5,7H2,1H3,(H,11,13). The third-order valence-electron chi connectivity index (χ3n) is 1.75. The number of hydrogen-bond acceptors (Lipinski definition) is 3. The van der Waals surface area contributed by atoms with Crippen LogP contribution in [-0.4, -0.2) is 35.7 Å². The Labute approximate surface area is 83.1 Å². The molecule has 14 heavy (non-hydrogen) atoms. The van der Waals surface area contributed by atoms with Crippen molar-refractivity contribution < 1.29 is 9.53 Å². The van der Waals surface area contributed by atoms with E-state index in [4.69, 9.17) is 0 Å². The molecule has 5 nitrogen and oxygen atoms in total. The SMILES string of the molecule is COCC(=O)NCCCn1ccnc1. The second-order valence-electron chi connectivity index (χ2n) is 2.94. The fourth-order valence-electron chi connectivity index (χ4n) is 1.09. The molecule has 0 radical (unpaired) electrons. The van der Waals surface area contributed by atoms with E-state index in [1.165, 1.54) is 7.11 Å². The number of methoxy groups -OCH3 is 1. The molecule has 0 saturated heterocycles. The summed E-state index contributed by atoms with van der Waals surface area (Å²) in [6.07, 6.45) is 6.29. The van der Waals surface area contributed by atoms with Crippen LogP contribution in [0.15, 0.2) is 18.7 Å². The van der Waals surface area contributed by atoms with Crippen molar-refractivity contribution in [2.45, 2.75) is 13.0 Å². The molecule has 1 heterocycles. The predicted octanol–water partition coefficient (Wildman–Crippen LogP) is 0.0358. The number of aryl methyl sites for hydroxylation is 1. The number of carbonyl (C=O) groups is 1. The van der Waals surface area contributed by atoms with Gasteiger partial charge in [0.05, 0.1) is 6.33 Å². The van der Waals surface area contributed by atoms with Crippen molar-refractivity contribution in [3.05, 3.63) is 18.7 Å². The first-order valence-electron chi connectivity index (χ1n) is 4.54.